The van der Waals surface area contributed by atoms with Crippen LogP contribution in [0.5, 0.6) is 0 Å². The monoisotopic (exact) mass is 331 g/mol. The van der Waals surface area contributed by atoms with Crippen LogP contribution in [0.15, 0.2) is 54.6 Å². The number of amides is 1. The highest BCUT2D eigenvalue weighted by Crippen LogP contribution is 2.37. The van der Waals surface area contributed by atoms with Gasteiger partial charge in [-0.3, -0.25) is 4.79 Å². The summed E-state index contributed by atoms with van der Waals surface area (Å²) in [6.45, 7) is 1.12. The molecule has 2 aromatic rings. The summed E-state index contributed by atoms with van der Waals surface area (Å²) in [6.07, 6.45) is 0. The maximum Gasteiger partial charge on any atom is 0.249 e. The number of ether oxygens (including phenoxy) is 1. The Bertz CT molecular complexity index is 665. The number of thioether (sulfide) groups is 1. The van der Waals surface area contributed by atoms with Crippen LogP contribution in [0.2, 0.25) is 0 Å². The molecule has 1 amide bonds. The fourth-order valence-electron chi connectivity index (χ4n) is 2.58. The van der Waals surface area contributed by atoms with Crippen LogP contribution >= 0.6 is 11.8 Å². The van der Waals surface area contributed by atoms with Gasteiger partial charge in [0.2, 0.25) is 5.91 Å². The first-order valence-electron chi connectivity index (χ1n) is 7.52. The van der Waals surface area contributed by atoms with Crippen molar-refractivity contribution in [2.45, 2.75) is 12.0 Å². The average molecular weight is 331 g/mol. The standard InChI is InChI=1S/C18H18FNO2S/c19-16-8-4-7-15(11-16)18-20(9-10-23-18)17(21)13-22-12-14-5-2-1-3-6-14/h1-8,11,18H,9-10,12-13H2/t18-/m0/s1. The Morgan fingerprint density at radius 2 is 2.04 bits per heavy atom. The van der Waals surface area contributed by atoms with Crippen molar-refractivity contribution in [3.63, 3.8) is 0 Å². The zero-order chi connectivity index (χ0) is 16.1. The lowest BCUT2D eigenvalue weighted by atomic mass is 10.2. The topological polar surface area (TPSA) is 29.5 Å². The molecule has 0 saturated carbocycles. The summed E-state index contributed by atoms with van der Waals surface area (Å²) < 4.78 is 18.9. The molecule has 1 atom stereocenters. The smallest absolute Gasteiger partial charge is 0.249 e. The fraction of sp³-hybridized carbons (Fsp3) is 0.278. The van der Waals surface area contributed by atoms with Gasteiger partial charge in [0, 0.05) is 12.3 Å². The lowest BCUT2D eigenvalue weighted by Crippen LogP contribution is -2.33. The number of hydrogen-bond donors (Lipinski definition) is 0. The minimum Gasteiger partial charge on any atom is -0.367 e. The second kappa shape index (κ2) is 7.62. The van der Waals surface area contributed by atoms with Crippen LogP contribution in [-0.4, -0.2) is 29.7 Å². The third-order valence-electron chi connectivity index (χ3n) is 3.68. The molecule has 5 heteroatoms. The molecule has 3 rings (SSSR count). The predicted molar refractivity (Wildman–Crippen MR) is 89.4 cm³/mol. The van der Waals surface area contributed by atoms with Gasteiger partial charge in [-0.05, 0) is 23.3 Å². The molecule has 0 radical (unpaired) electrons. The highest BCUT2D eigenvalue weighted by atomic mass is 32.2. The molecule has 0 N–H and O–H groups in total. The van der Waals surface area contributed by atoms with Crippen LogP contribution < -0.4 is 0 Å². The van der Waals surface area contributed by atoms with Crippen molar-refractivity contribution < 1.29 is 13.9 Å². The van der Waals surface area contributed by atoms with Crippen LogP contribution in [-0.2, 0) is 16.1 Å². The van der Waals surface area contributed by atoms with Crippen molar-refractivity contribution in [2.24, 2.45) is 0 Å². The molecule has 1 heterocycles. The van der Waals surface area contributed by atoms with E-state index >= 15 is 0 Å². The Morgan fingerprint density at radius 3 is 2.83 bits per heavy atom. The van der Waals surface area contributed by atoms with Crippen molar-refractivity contribution in [3.05, 3.63) is 71.5 Å². The number of carbonyl (C=O) groups excluding carboxylic acids is 1. The molecule has 2 aromatic carbocycles. The maximum absolute atomic E-state index is 13.4. The Labute approximate surface area is 139 Å². The van der Waals surface area contributed by atoms with E-state index < -0.39 is 0 Å². The molecule has 120 valence electrons. The lowest BCUT2D eigenvalue weighted by molar-refractivity contribution is -0.136. The van der Waals surface area contributed by atoms with Crippen LogP contribution in [0.4, 0.5) is 4.39 Å². The van der Waals surface area contributed by atoms with E-state index in [2.05, 4.69) is 0 Å². The quantitative estimate of drug-likeness (QED) is 0.838. The number of rotatable bonds is 5. The molecule has 23 heavy (non-hydrogen) atoms. The number of halogens is 1. The number of nitrogens with zero attached hydrogens (tertiary/aromatic N) is 1. The molecule has 0 aromatic heterocycles. The zero-order valence-corrected chi connectivity index (χ0v) is 13.5. The summed E-state index contributed by atoms with van der Waals surface area (Å²) >= 11 is 1.65. The van der Waals surface area contributed by atoms with Gasteiger partial charge in [-0.15, -0.1) is 11.8 Å². The molecule has 1 aliphatic heterocycles. The van der Waals surface area contributed by atoms with Gasteiger partial charge in [0.05, 0.1) is 6.61 Å². The van der Waals surface area contributed by atoms with Gasteiger partial charge in [-0.2, -0.15) is 0 Å². The fourth-order valence-corrected chi connectivity index (χ4v) is 3.84. The molecule has 1 saturated heterocycles. The van der Waals surface area contributed by atoms with Gasteiger partial charge in [-0.1, -0.05) is 42.5 Å². The van der Waals surface area contributed by atoms with Crippen LogP contribution in [0.3, 0.4) is 0 Å². The first-order chi connectivity index (χ1) is 11.2. The summed E-state index contributed by atoms with van der Waals surface area (Å²) in [7, 11) is 0. The van der Waals surface area contributed by atoms with Crippen LogP contribution in [0, 0.1) is 5.82 Å². The van der Waals surface area contributed by atoms with Gasteiger partial charge >= 0.3 is 0 Å². The maximum atomic E-state index is 13.4. The second-order valence-corrected chi connectivity index (χ2v) is 6.53. The highest BCUT2D eigenvalue weighted by Gasteiger charge is 2.30. The third-order valence-corrected chi connectivity index (χ3v) is 4.94. The van der Waals surface area contributed by atoms with E-state index in [4.69, 9.17) is 4.74 Å². The molecular formula is C18H18FNO2S. The summed E-state index contributed by atoms with van der Waals surface area (Å²) in [4.78, 5) is 14.2. The minimum absolute atomic E-state index is 0.0429. The van der Waals surface area contributed by atoms with E-state index in [9.17, 15) is 9.18 Å². The van der Waals surface area contributed by atoms with Gasteiger partial charge in [0.1, 0.15) is 17.8 Å². The van der Waals surface area contributed by atoms with Crippen molar-refractivity contribution in [3.8, 4) is 0 Å². The molecule has 1 fully saturated rings. The van der Waals surface area contributed by atoms with Crippen molar-refractivity contribution in [1.29, 1.82) is 0 Å². The number of hydrogen-bond acceptors (Lipinski definition) is 3. The van der Waals surface area contributed by atoms with Gasteiger partial charge in [-0.25, -0.2) is 4.39 Å². The van der Waals surface area contributed by atoms with E-state index in [0.717, 1.165) is 16.9 Å². The largest absolute Gasteiger partial charge is 0.367 e. The number of carbonyl (C=O) groups is 1. The second-order valence-electron chi connectivity index (χ2n) is 5.34. The van der Waals surface area contributed by atoms with E-state index in [1.54, 1.807) is 22.7 Å². The van der Waals surface area contributed by atoms with Crippen molar-refractivity contribution >= 4 is 17.7 Å². The molecule has 3 nitrogen and oxygen atoms in total. The van der Waals surface area contributed by atoms with Gasteiger partial charge < -0.3 is 9.64 Å². The third kappa shape index (κ3) is 4.12. The first-order valence-corrected chi connectivity index (χ1v) is 8.57. The number of benzene rings is 2. The normalized spacial score (nSPS) is 17.4. The summed E-state index contributed by atoms with van der Waals surface area (Å²) in [5.41, 5.74) is 1.86. The predicted octanol–water partition coefficient (Wildman–Crippen LogP) is 3.62. The van der Waals surface area contributed by atoms with Crippen LogP contribution in [0.1, 0.15) is 16.5 Å². The summed E-state index contributed by atoms with van der Waals surface area (Å²) in [6, 6.07) is 16.2. The molecule has 0 bridgehead atoms. The summed E-state index contributed by atoms with van der Waals surface area (Å²) in [5, 5.41) is -0.126. The lowest BCUT2D eigenvalue weighted by Gasteiger charge is -2.24. The Hall–Kier alpha value is -1.85. The van der Waals surface area contributed by atoms with Crippen molar-refractivity contribution in [1.82, 2.24) is 4.90 Å². The SMILES string of the molecule is O=C(COCc1ccccc1)N1CCS[C@H]1c1cccc(F)c1. The van der Waals surface area contributed by atoms with Gasteiger partial charge in [0.15, 0.2) is 0 Å². The molecule has 0 unspecified atom stereocenters. The zero-order valence-electron chi connectivity index (χ0n) is 12.7. The van der Waals surface area contributed by atoms with E-state index in [0.29, 0.717) is 13.2 Å². The Kier molecular flexibility index (Phi) is 5.31. The molecule has 0 aliphatic carbocycles. The Morgan fingerprint density at radius 1 is 1.22 bits per heavy atom. The molecule has 1 aliphatic rings. The van der Waals surface area contributed by atoms with E-state index in [1.165, 1.54) is 12.1 Å². The first kappa shape index (κ1) is 16.0. The minimum atomic E-state index is -0.275. The van der Waals surface area contributed by atoms with E-state index in [1.807, 2.05) is 36.4 Å². The molecular weight excluding hydrogens is 313 g/mol. The van der Waals surface area contributed by atoms with E-state index in [-0.39, 0.29) is 23.7 Å². The summed E-state index contributed by atoms with van der Waals surface area (Å²) in [5.74, 6) is 0.522. The average Bonchev–Trinajstić information content (AvgIpc) is 3.05. The van der Waals surface area contributed by atoms with Crippen molar-refractivity contribution in [2.75, 3.05) is 18.9 Å². The van der Waals surface area contributed by atoms with Gasteiger partial charge in [0.25, 0.3) is 0 Å². The molecule has 0 spiro atoms. The highest BCUT2D eigenvalue weighted by molar-refractivity contribution is 7.99. The van der Waals surface area contributed by atoms with Crippen LogP contribution in [0.25, 0.3) is 0 Å². The Balaban J connectivity index is 1.58.